The molecule has 0 aromatic heterocycles. The van der Waals surface area contributed by atoms with E-state index in [0.717, 1.165) is 6.07 Å². The molecule has 0 unspecified atom stereocenters. The van der Waals surface area contributed by atoms with Gasteiger partial charge in [-0.2, -0.15) is 13.2 Å². The van der Waals surface area contributed by atoms with E-state index in [1.165, 1.54) is 19.1 Å². The highest BCUT2D eigenvalue weighted by Crippen LogP contribution is 2.37. The smallest absolute Gasteiger partial charge is 0.166 e. The van der Waals surface area contributed by atoms with Gasteiger partial charge < -0.3 is 0 Å². The quantitative estimate of drug-likeness (QED) is 0.607. The average molecular weight is 305 g/mol. The number of alkyl halides is 3. The van der Waals surface area contributed by atoms with Crippen LogP contribution in [0.15, 0.2) is 36.4 Å². The zero-order chi connectivity index (χ0) is 14.2. The number of benzene rings is 2. The molecule has 0 amide bonds. The first-order chi connectivity index (χ1) is 8.79. The molecule has 0 spiro atoms. The summed E-state index contributed by atoms with van der Waals surface area (Å²) < 4.78 is 38.6. The third-order valence-electron chi connectivity index (χ3n) is 2.81. The monoisotopic (exact) mass is 304 g/mol. The van der Waals surface area contributed by atoms with Crippen LogP contribution in [0.2, 0.25) is 10.0 Å². The molecule has 0 radical (unpaired) electrons. The van der Waals surface area contributed by atoms with Crippen molar-refractivity contribution in [3.8, 4) is 11.1 Å². The van der Waals surface area contributed by atoms with Gasteiger partial charge in [0.2, 0.25) is 0 Å². The summed E-state index contributed by atoms with van der Waals surface area (Å²) in [5.41, 5.74) is 0.551. The molecule has 0 saturated carbocycles. The van der Waals surface area contributed by atoms with Gasteiger partial charge in [-0.25, -0.2) is 0 Å². The summed E-state index contributed by atoms with van der Waals surface area (Å²) >= 11 is 11.8. The maximum absolute atomic E-state index is 12.9. The van der Waals surface area contributed by atoms with E-state index in [9.17, 15) is 13.2 Å². The third kappa shape index (κ3) is 3.04. The van der Waals surface area contributed by atoms with Gasteiger partial charge >= 0.3 is 6.18 Å². The summed E-state index contributed by atoms with van der Waals surface area (Å²) in [6.45, 7) is 1.44. The average Bonchev–Trinajstić information content (AvgIpc) is 2.26. The topological polar surface area (TPSA) is 0 Å². The van der Waals surface area contributed by atoms with Gasteiger partial charge in [0.05, 0.1) is 5.56 Å². The summed E-state index contributed by atoms with van der Waals surface area (Å²) in [7, 11) is 0. The van der Waals surface area contributed by atoms with Gasteiger partial charge in [0.15, 0.2) is 0 Å². The molecule has 0 aliphatic rings. The second-order valence-corrected chi connectivity index (χ2v) is 5.01. The van der Waals surface area contributed by atoms with E-state index in [1.807, 2.05) is 0 Å². The fourth-order valence-corrected chi connectivity index (χ4v) is 2.49. The fraction of sp³-hybridized carbons (Fsp3) is 0.143. The van der Waals surface area contributed by atoms with Crippen LogP contribution in [0.25, 0.3) is 11.1 Å². The van der Waals surface area contributed by atoms with Crippen LogP contribution >= 0.6 is 23.2 Å². The number of halogens is 5. The molecule has 100 valence electrons. The van der Waals surface area contributed by atoms with Crippen LogP contribution in [0.3, 0.4) is 0 Å². The standard InChI is InChI=1S/C14H9Cl2F3/c1-8-12(3-2-4-13(8)14(17,18)19)9-5-10(15)7-11(16)6-9/h2-7H,1H3. The first kappa shape index (κ1) is 14.2. The number of hydrogen-bond acceptors (Lipinski definition) is 0. The molecule has 2 rings (SSSR count). The Morgan fingerprint density at radius 1 is 0.947 bits per heavy atom. The summed E-state index contributed by atoms with van der Waals surface area (Å²) in [4.78, 5) is 0. The Hall–Kier alpha value is -1.19. The maximum atomic E-state index is 12.9. The minimum Gasteiger partial charge on any atom is -0.166 e. The molecule has 0 atom stereocenters. The van der Waals surface area contributed by atoms with Crippen LogP contribution in [-0.4, -0.2) is 0 Å². The lowest BCUT2D eigenvalue weighted by molar-refractivity contribution is -0.138. The van der Waals surface area contributed by atoms with E-state index in [4.69, 9.17) is 23.2 Å². The number of rotatable bonds is 1. The van der Waals surface area contributed by atoms with Crippen LogP contribution in [0.5, 0.6) is 0 Å². The Kier molecular flexibility index (Phi) is 3.79. The molecule has 0 bridgehead atoms. The Bertz CT molecular complexity index is 598. The molecular weight excluding hydrogens is 296 g/mol. The normalized spacial score (nSPS) is 11.7. The molecule has 19 heavy (non-hydrogen) atoms. The maximum Gasteiger partial charge on any atom is 0.416 e. The fourth-order valence-electron chi connectivity index (χ4n) is 1.96. The molecule has 5 heteroatoms. The predicted molar refractivity (Wildman–Crippen MR) is 71.6 cm³/mol. The van der Waals surface area contributed by atoms with Crippen molar-refractivity contribution in [2.45, 2.75) is 13.1 Å². The van der Waals surface area contributed by atoms with E-state index >= 15 is 0 Å². The van der Waals surface area contributed by atoms with E-state index in [2.05, 4.69) is 0 Å². The molecule has 2 aromatic carbocycles. The highest BCUT2D eigenvalue weighted by molar-refractivity contribution is 6.35. The van der Waals surface area contributed by atoms with Crippen LogP contribution in [-0.2, 0) is 6.18 Å². The Labute approximate surface area is 118 Å². The molecule has 0 fully saturated rings. The SMILES string of the molecule is Cc1c(-c2cc(Cl)cc(Cl)c2)cccc1C(F)(F)F. The van der Waals surface area contributed by atoms with Gasteiger partial charge in [-0.3, -0.25) is 0 Å². The van der Waals surface area contributed by atoms with Crippen molar-refractivity contribution in [3.05, 3.63) is 57.6 Å². The Morgan fingerprint density at radius 2 is 1.53 bits per heavy atom. The zero-order valence-electron chi connectivity index (χ0n) is 9.85. The van der Waals surface area contributed by atoms with Crippen molar-refractivity contribution in [1.82, 2.24) is 0 Å². The summed E-state index contributed by atoms with van der Waals surface area (Å²) in [5.74, 6) is 0. The molecule has 0 N–H and O–H groups in total. The molecule has 0 heterocycles. The highest BCUT2D eigenvalue weighted by Gasteiger charge is 2.32. The van der Waals surface area contributed by atoms with Crippen molar-refractivity contribution in [2.24, 2.45) is 0 Å². The molecule has 2 aromatic rings. The van der Waals surface area contributed by atoms with Crippen molar-refractivity contribution in [3.63, 3.8) is 0 Å². The van der Waals surface area contributed by atoms with Crippen molar-refractivity contribution in [2.75, 3.05) is 0 Å². The largest absolute Gasteiger partial charge is 0.416 e. The lowest BCUT2D eigenvalue weighted by atomic mass is 9.96. The molecule has 0 saturated heterocycles. The van der Waals surface area contributed by atoms with Crippen LogP contribution in [0.4, 0.5) is 13.2 Å². The molecule has 0 aliphatic carbocycles. The van der Waals surface area contributed by atoms with Gasteiger partial charge in [-0.05, 0) is 47.9 Å². The lowest BCUT2D eigenvalue weighted by Crippen LogP contribution is -2.07. The Morgan fingerprint density at radius 3 is 2.05 bits per heavy atom. The first-order valence-electron chi connectivity index (χ1n) is 5.42. The molecular formula is C14H9Cl2F3. The third-order valence-corrected chi connectivity index (χ3v) is 3.25. The first-order valence-corrected chi connectivity index (χ1v) is 6.18. The zero-order valence-corrected chi connectivity index (χ0v) is 11.4. The van der Waals surface area contributed by atoms with E-state index in [0.29, 0.717) is 21.2 Å². The van der Waals surface area contributed by atoms with Gasteiger partial charge in [-0.1, -0.05) is 35.3 Å². The summed E-state index contributed by atoms with van der Waals surface area (Å²) in [6.07, 6.45) is -4.37. The van der Waals surface area contributed by atoms with Gasteiger partial charge in [0, 0.05) is 10.0 Å². The second-order valence-electron chi connectivity index (χ2n) is 4.13. The van der Waals surface area contributed by atoms with Crippen molar-refractivity contribution < 1.29 is 13.2 Å². The van der Waals surface area contributed by atoms with E-state index in [1.54, 1.807) is 18.2 Å². The minimum absolute atomic E-state index is 0.160. The Balaban J connectivity index is 2.63. The number of hydrogen-bond donors (Lipinski definition) is 0. The molecule has 0 nitrogen and oxygen atoms in total. The summed E-state index contributed by atoms with van der Waals surface area (Å²) in [5, 5.41) is 0.777. The van der Waals surface area contributed by atoms with Crippen molar-refractivity contribution in [1.29, 1.82) is 0 Å². The van der Waals surface area contributed by atoms with Crippen LogP contribution < -0.4 is 0 Å². The van der Waals surface area contributed by atoms with Crippen LogP contribution in [0.1, 0.15) is 11.1 Å². The van der Waals surface area contributed by atoms with E-state index in [-0.39, 0.29) is 5.56 Å². The lowest BCUT2D eigenvalue weighted by Gasteiger charge is -2.14. The second kappa shape index (κ2) is 5.06. The van der Waals surface area contributed by atoms with Gasteiger partial charge in [-0.15, -0.1) is 0 Å². The molecule has 0 aliphatic heterocycles. The van der Waals surface area contributed by atoms with Gasteiger partial charge in [0.1, 0.15) is 0 Å². The van der Waals surface area contributed by atoms with Crippen LogP contribution in [0, 0.1) is 6.92 Å². The minimum atomic E-state index is -4.37. The van der Waals surface area contributed by atoms with Crippen molar-refractivity contribution >= 4 is 23.2 Å². The highest BCUT2D eigenvalue weighted by atomic mass is 35.5. The predicted octanol–water partition coefficient (Wildman–Crippen LogP) is 5.99. The van der Waals surface area contributed by atoms with Gasteiger partial charge in [0.25, 0.3) is 0 Å². The summed E-state index contributed by atoms with van der Waals surface area (Å²) in [6, 6.07) is 8.78. The van der Waals surface area contributed by atoms with E-state index < -0.39 is 11.7 Å².